The smallest absolute Gasteiger partial charge is 0.356 e. The van der Waals surface area contributed by atoms with Crippen molar-refractivity contribution in [3.63, 3.8) is 0 Å². The second-order valence-electron chi connectivity index (χ2n) is 3.92. The Labute approximate surface area is 105 Å². The van der Waals surface area contributed by atoms with Crippen molar-refractivity contribution < 1.29 is 13.2 Å². The molecule has 0 aliphatic heterocycles. The van der Waals surface area contributed by atoms with Gasteiger partial charge in [-0.2, -0.15) is 18.4 Å². The zero-order chi connectivity index (χ0) is 13.6. The number of anilines is 1. The van der Waals surface area contributed by atoms with Crippen LogP contribution >= 0.6 is 0 Å². The van der Waals surface area contributed by atoms with E-state index in [9.17, 15) is 13.2 Å². The monoisotopic (exact) mass is 256 g/mol. The lowest BCUT2D eigenvalue weighted by atomic mass is 10.1. The number of alkyl halides is 3. The van der Waals surface area contributed by atoms with Crippen molar-refractivity contribution in [3.8, 4) is 6.07 Å². The fourth-order valence-electron chi connectivity index (χ4n) is 1.79. The van der Waals surface area contributed by atoms with Crippen LogP contribution in [0.3, 0.4) is 0 Å². The highest BCUT2D eigenvalue weighted by Gasteiger charge is 2.30. The fourth-order valence-corrected chi connectivity index (χ4v) is 1.79. The van der Waals surface area contributed by atoms with Crippen molar-refractivity contribution in [1.82, 2.24) is 0 Å². The molecule has 0 aliphatic carbocycles. The molecule has 1 unspecified atom stereocenters. The van der Waals surface area contributed by atoms with Gasteiger partial charge >= 0.3 is 6.18 Å². The summed E-state index contributed by atoms with van der Waals surface area (Å²) in [4.78, 5) is 1.69. The van der Waals surface area contributed by atoms with E-state index >= 15 is 0 Å². The van der Waals surface area contributed by atoms with E-state index in [1.54, 1.807) is 29.2 Å². The number of benzene rings is 1. The molecular weight excluding hydrogens is 241 g/mol. The van der Waals surface area contributed by atoms with Gasteiger partial charge in [0.1, 0.15) is 6.04 Å². The van der Waals surface area contributed by atoms with Crippen molar-refractivity contribution in [3.05, 3.63) is 30.3 Å². The Hall–Kier alpha value is -1.70. The second kappa shape index (κ2) is 6.29. The summed E-state index contributed by atoms with van der Waals surface area (Å²) in [6.07, 6.45) is -5.36. The number of nitriles is 1. The molecule has 0 bridgehead atoms. The molecule has 0 amide bonds. The first-order valence-electron chi connectivity index (χ1n) is 5.76. The maximum atomic E-state index is 12.2. The Morgan fingerprint density at radius 2 is 1.89 bits per heavy atom. The molecule has 0 saturated heterocycles. The van der Waals surface area contributed by atoms with E-state index in [2.05, 4.69) is 0 Å². The van der Waals surface area contributed by atoms with Gasteiger partial charge in [0.15, 0.2) is 0 Å². The van der Waals surface area contributed by atoms with Crippen molar-refractivity contribution in [1.29, 1.82) is 5.26 Å². The number of rotatable bonds is 5. The van der Waals surface area contributed by atoms with Gasteiger partial charge in [-0.05, 0) is 25.5 Å². The van der Waals surface area contributed by atoms with Crippen LogP contribution in [0, 0.1) is 11.3 Å². The zero-order valence-corrected chi connectivity index (χ0v) is 10.1. The molecule has 1 aromatic carbocycles. The van der Waals surface area contributed by atoms with Gasteiger partial charge in [0.05, 0.1) is 6.07 Å². The molecule has 5 heteroatoms. The Morgan fingerprint density at radius 3 is 2.33 bits per heavy atom. The Kier molecular flexibility index (Phi) is 5.02. The van der Waals surface area contributed by atoms with E-state index in [-0.39, 0.29) is 6.42 Å². The van der Waals surface area contributed by atoms with Crippen LogP contribution in [0.5, 0.6) is 0 Å². The van der Waals surface area contributed by atoms with Gasteiger partial charge in [-0.1, -0.05) is 18.2 Å². The first kappa shape index (κ1) is 14.4. The number of halogens is 3. The predicted molar refractivity (Wildman–Crippen MR) is 64.2 cm³/mol. The average molecular weight is 256 g/mol. The van der Waals surface area contributed by atoms with Gasteiger partial charge in [0.2, 0.25) is 0 Å². The summed E-state index contributed by atoms with van der Waals surface area (Å²) in [5.41, 5.74) is 0.772. The van der Waals surface area contributed by atoms with Crippen LogP contribution < -0.4 is 4.90 Å². The van der Waals surface area contributed by atoms with Gasteiger partial charge in [0.25, 0.3) is 0 Å². The number of para-hydroxylation sites is 1. The summed E-state index contributed by atoms with van der Waals surface area (Å²) >= 11 is 0. The molecule has 0 spiro atoms. The summed E-state index contributed by atoms with van der Waals surface area (Å²) in [7, 11) is 0. The molecule has 0 aliphatic rings. The van der Waals surface area contributed by atoms with Crippen LogP contribution in [-0.2, 0) is 0 Å². The largest absolute Gasteiger partial charge is 0.389 e. The Morgan fingerprint density at radius 1 is 1.28 bits per heavy atom. The maximum Gasteiger partial charge on any atom is 0.389 e. The summed E-state index contributed by atoms with van der Waals surface area (Å²) in [6.45, 7) is 2.32. The third-order valence-corrected chi connectivity index (χ3v) is 2.66. The second-order valence-corrected chi connectivity index (χ2v) is 3.92. The van der Waals surface area contributed by atoms with Gasteiger partial charge in [-0.25, -0.2) is 0 Å². The van der Waals surface area contributed by atoms with Crippen LogP contribution in [-0.4, -0.2) is 18.8 Å². The molecular formula is C13H15F3N2. The minimum absolute atomic E-state index is 0.206. The Bertz CT molecular complexity index is 395. The van der Waals surface area contributed by atoms with E-state index in [0.29, 0.717) is 6.54 Å². The number of nitrogens with zero attached hydrogens (tertiary/aromatic N) is 2. The maximum absolute atomic E-state index is 12.2. The molecule has 0 radical (unpaired) electrons. The summed E-state index contributed by atoms with van der Waals surface area (Å²) in [5, 5.41) is 9.03. The van der Waals surface area contributed by atoms with E-state index in [1.165, 1.54) is 0 Å². The molecule has 0 heterocycles. The van der Waals surface area contributed by atoms with Crippen LogP contribution in [0.15, 0.2) is 30.3 Å². The van der Waals surface area contributed by atoms with E-state index in [1.807, 2.05) is 19.1 Å². The van der Waals surface area contributed by atoms with Crippen molar-refractivity contribution in [2.24, 2.45) is 0 Å². The quantitative estimate of drug-likeness (QED) is 0.802. The third kappa shape index (κ3) is 4.28. The first-order chi connectivity index (χ1) is 8.48. The lowest BCUT2D eigenvalue weighted by molar-refractivity contribution is -0.135. The van der Waals surface area contributed by atoms with Gasteiger partial charge in [-0.3, -0.25) is 0 Å². The normalized spacial score (nSPS) is 12.8. The Balaban J connectivity index is 2.76. The van der Waals surface area contributed by atoms with Crippen LogP contribution in [0.4, 0.5) is 18.9 Å². The highest BCUT2D eigenvalue weighted by molar-refractivity contribution is 5.48. The first-order valence-corrected chi connectivity index (χ1v) is 5.76. The minimum Gasteiger partial charge on any atom is -0.356 e. The van der Waals surface area contributed by atoms with Crippen LogP contribution in [0.1, 0.15) is 19.8 Å². The minimum atomic E-state index is -4.22. The highest BCUT2D eigenvalue weighted by atomic mass is 19.4. The topological polar surface area (TPSA) is 27.0 Å². The molecule has 1 atom stereocenters. The SMILES string of the molecule is CCN(c1ccccc1)C(C#N)CCC(F)(F)F. The predicted octanol–water partition coefficient (Wildman–Crippen LogP) is 3.75. The number of hydrogen-bond acceptors (Lipinski definition) is 2. The number of hydrogen-bond donors (Lipinski definition) is 0. The fraction of sp³-hybridized carbons (Fsp3) is 0.462. The molecule has 0 saturated carbocycles. The molecule has 1 rings (SSSR count). The van der Waals surface area contributed by atoms with Crippen LogP contribution in [0.25, 0.3) is 0 Å². The summed E-state index contributed by atoms with van der Waals surface area (Å²) in [6, 6.07) is 10.2. The van der Waals surface area contributed by atoms with Crippen molar-refractivity contribution in [2.75, 3.05) is 11.4 Å². The highest BCUT2D eigenvalue weighted by Crippen LogP contribution is 2.25. The summed E-state index contributed by atoms with van der Waals surface area (Å²) in [5.74, 6) is 0. The van der Waals surface area contributed by atoms with Crippen LogP contribution in [0.2, 0.25) is 0 Å². The molecule has 0 N–H and O–H groups in total. The molecule has 1 aromatic rings. The zero-order valence-electron chi connectivity index (χ0n) is 10.1. The van der Waals surface area contributed by atoms with Crippen molar-refractivity contribution in [2.45, 2.75) is 32.0 Å². The lowest BCUT2D eigenvalue weighted by Crippen LogP contribution is -2.35. The molecule has 0 aromatic heterocycles. The van der Waals surface area contributed by atoms with Gasteiger partial charge < -0.3 is 4.90 Å². The van der Waals surface area contributed by atoms with E-state index < -0.39 is 18.6 Å². The van der Waals surface area contributed by atoms with Crippen molar-refractivity contribution >= 4 is 5.69 Å². The average Bonchev–Trinajstić information content (AvgIpc) is 2.34. The molecule has 98 valence electrons. The van der Waals surface area contributed by atoms with Gasteiger partial charge in [-0.15, -0.1) is 0 Å². The third-order valence-electron chi connectivity index (χ3n) is 2.66. The summed E-state index contributed by atoms with van der Waals surface area (Å²) < 4.78 is 36.6. The van der Waals surface area contributed by atoms with E-state index in [4.69, 9.17) is 5.26 Å². The standard InChI is InChI=1S/C13H15F3N2/c1-2-18(11-6-4-3-5-7-11)12(10-17)8-9-13(14,15)16/h3-7,12H,2,8-9H2,1H3. The van der Waals surface area contributed by atoms with Gasteiger partial charge in [0, 0.05) is 18.7 Å². The molecule has 0 fully saturated rings. The van der Waals surface area contributed by atoms with E-state index in [0.717, 1.165) is 5.69 Å². The molecule has 18 heavy (non-hydrogen) atoms. The molecule has 2 nitrogen and oxygen atoms in total. The lowest BCUT2D eigenvalue weighted by Gasteiger charge is -2.28.